The van der Waals surface area contributed by atoms with Crippen molar-refractivity contribution in [1.29, 1.82) is 0 Å². The van der Waals surface area contributed by atoms with Crippen LogP contribution in [0.25, 0.3) is 0 Å². The Hall–Kier alpha value is -2.90. The Morgan fingerprint density at radius 2 is 1.81 bits per heavy atom. The van der Waals surface area contributed by atoms with Gasteiger partial charge in [-0.25, -0.2) is 4.79 Å². The largest absolute Gasteiger partial charge is 0.484 e. The van der Waals surface area contributed by atoms with Crippen molar-refractivity contribution in [3.05, 3.63) is 29.8 Å². The number of nitrogens with one attached hydrogen (secondary N) is 2. The average Bonchev–Trinajstić information content (AvgIpc) is 2.93. The third-order valence-corrected chi connectivity index (χ3v) is 4.84. The van der Waals surface area contributed by atoms with Crippen LogP contribution in [-0.4, -0.2) is 53.8 Å². The molecule has 0 aromatic heterocycles. The van der Waals surface area contributed by atoms with Crippen LogP contribution in [0.4, 0.5) is 4.79 Å². The number of ether oxygens (including phenoxy) is 1. The van der Waals surface area contributed by atoms with Crippen LogP contribution in [0.5, 0.6) is 5.75 Å². The molecule has 2 fully saturated rings. The number of imide groups is 1. The lowest BCUT2D eigenvalue weighted by Crippen LogP contribution is -2.56. The van der Waals surface area contributed by atoms with Crippen LogP contribution in [0.1, 0.15) is 36.5 Å². The number of rotatable bonds is 5. The molecule has 0 aliphatic carbocycles. The summed E-state index contributed by atoms with van der Waals surface area (Å²) in [6, 6.07) is 6.21. The molecule has 8 heteroatoms. The third kappa shape index (κ3) is 3.54. The highest BCUT2D eigenvalue weighted by atomic mass is 16.5. The normalized spacial score (nSPS) is 18.4. The Kier molecular flexibility index (Phi) is 4.92. The smallest absolute Gasteiger partial charge is 0.322 e. The summed E-state index contributed by atoms with van der Waals surface area (Å²) in [7, 11) is 0. The van der Waals surface area contributed by atoms with Crippen molar-refractivity contribution < 1.29 is 23.9 Å². The zero-order valence-electron chi connectivity index (χ0n) is 14.5. The van der Waals surface area contributed by atoms with Gasteiger partial charge in [0.2, 0.25) is 0 Å². The van der Waals surface area contributed by atoms with Gasteiger partial charge in [0, 0.05) is 25.1 Å². The maximum atomic E-state index is 12.3. The first-order valence-electron chi connectivity index (χ1n) is 8.61. The molecule has 1 aromatic rings. The first kappa shape index (κ1) is 17.9. The van der Waals surface area contributed by atoms with E-state index in [1.54, 1.807) is 36.1 Å². The molecule has 2 heterocycles. The van der Waals surface area contributed by atoms with Crippen molar-refractivity contribution in [2.24, 2.45) is 0 Å². The Balaban J connectivity index is 1.50. The molecule has 0 unspecified atom stereocenters. The maximum Gasteiger partial charge on any atom is 0.322 e. The van der Waals surface area contributed by atoms with E-state index >= 15 is 0 Å². The van der Waals surface area contributed by atoms with E-state index in [2.05, 4.69) is 10.6 Å². The third-order valence-electron chi connectivity index (χ3n) is 4.84. The minimum atomic E-state index is -0.892. The summed E-state index contributed by atoms with van der Waals surface area (Å²) < 4.78 is 5.49. The zero-order chi connectivity index (χ0) is 18.7. The Labute approximate surface area is 150 Å². The van der Waals surface area contributed by atoms with Crippen molar-refractivity contribution in [2.75, 3.05) is 19.7 Å². The second-order valence-corrected chi connectivity index (χ2v) is 6.46. The first-order chi connectivity index (χ1) is 12.4. The van der Waals surface area contributed by atoms with Crippen LogP contribution < -0.4 is 15.4 Å². The molecule has 1 aromatic carbocycles. The molecule has 2 aliphatic heterocycles. The van der Waals surface area contributed by atoms with E-state index < -0.39 is 11.6 Å². The predicted molar refractivity (Wildman–Crippen MR) is 91.8 cm³/mol. The highest BCUT2D eigenvalue weighted by Crippen LogP contribution is 2.25. The van der Waals surface area contributed by atoms with Gasteiger partial charge in [0.05, 0.1) is 0 Å². The number of amides is 4. The van der Waals surface area contributed by atoms with E-state index in [0.29, 0.717) is 43.7 Å². The number of benzene rings is 1. The fourth-order valence-corrected chi connectivity index (χ4v) is 3.20. The monoisotopic (exact) mass is 359 g/mol. The minimum absolute atomic E-state index is 0.0536. The second kappa shape index (κ2) is 7.15. The number of hydrogen-bond donors (Lipinski definition) is 2. The lowest BCUT2D eigenvalue weighted by atomic mass is 9.88. The summed E-state index contributed by atoms with van der Waals surface area (Å²) >= 11 is 0. The highest BCUT2D eigenvalue weighted by Gasteiger charge is 2.48. The van der Waals surface area contributed by atoms with Crippen molar-refractivity contribution in [3.63, 3.8) is 0 Å². The van der Waals surface area contributed by atoms with E-state index in [-0.39, 0.29) is 24.2 Å². The van der Waals surface area contributed by atoms with Crippen molar-refractivity contribution >= 4 is 23.6 Å². The molecule has 8 nitrogen and oxygen atoms in total. The van der Waals surface area contributed by atoms with Gasteiger partial charge in [-0.15, -0.1) is 0 Å². The topological polar surface area (TPSA) is 105 Å². The van der Waals surface area contributed by atoms with Gasteiger partial charge in [0.1, 0.15) is 11.3 Å². The van der Waals surface area contributed by atoms with Crippen LogP contribution in [0.15, 0.2) is 24.3 Å². The van der Waals surface area contributed by atoms with Crippen LogP contribution in [0.3, 0.4) is 0 Å². The summed E-state index contributed by atoms with van der Waals surface area (Å²) in [6.07, 6.45) is 1.20. The number of piperidine rings is 1. The van der Waals surface area contributed by atoms with Gasteiger partial charge >= 0.3 is 6.03 Å². The molecule has 0 atom stereocenters. The van der Waals surface area contributed by atoms with Gasteiger partial charge in [-0.3, -0.25) is 19.7 Å². The average molecular weight is 359 g/mol. The molecule has 3 rings (SSSR count). The lowest BCUT2D eigenvalue weighted by Gasteiger charge is -2.36. The molecule has 4 amide bonds. The quantitative estimate of drug-likeness (QED) is 0.599. The van der Waals surface area contributed by atoms with Crippen LogP contribution in [-0.2, 0) is 9.59 Å². The van der Waals surface area contributed by atoms with Crippen molar-refractivity contribution in [2.45, 2.75) is 31.7 Å². The van der Waals surface area contributed by atoms with Crippen LogP contribution >= 0.6 is 0 Å². The maximum absolute atomic E-state index is 12.3. The van der Waals surface area contributed by atoms with E-state index in [0.717, 1.165) is 0 Å². The Morgan fingerprint density at radius 1 is 1.15 bits per heavy atom. The number of Topliss-reactive ketones (excluding diaryl/α,β-unsaturated/α-hetero) is 1. The van der Waals surface area contributed by atoms with Crippen LogP contribution in [0.2, 0.25) is 0 Å². The van der Waals surface area contributed by atoms with E-state index in [4.69, 9.17) is 4.74 Å². The molecule has 138 valence electrons. The summed E-state index contributed by atoms with van der Waals surface area (Å²) in [5.74, 6) is 0.0608. The fourth-order valence-electron chi connectivity index (χ4n) is 3.20. The fraction of sp³-hybridized carbons (Fsp3) is 0.444. The van der Waals surface area contributed by atoms with Crippen molar-refractivity contribution in [3.8, 4) is 5.75 Å². The molecule has 1 spiro atoms. The Morgan fingerprint density at radius 3 is 2.35 bits per heavy atom. The second-order valence-electron chi connectivity index (χ2n) is 6.46. The Bertz CT molecular complexity index is 736. The number of nitrogens with zero attached hydrogens (tertiary/aromatic N) is 1. The zero-order valence-corrected chi connectivity index (χ0v) is 14.5. The first-order valence-corrected chi connectivity index (χ1v) is 8.61. The number of hydrogen-bond acceptors (Lipinski definition) is 5. The molecular weight excluding hydrogens is 338 g/mol. The van der Waals surface area contributed by atoms with Gasteiger partial charge < -0.3 is 15.0 Å². The van der Waals surface area contributed by atoms with Gasteiger partial charge in [-0.2, -0.15) is 0 Å². The lowest BCUT2D eigenvalue weighted by molar-refractivity contribution is -0.137. The van der Waals surface area contributed by atoms with E-state index in [1.165, 1.54) is 0 Å². The van der Waals surface area contributed by atoms with E-state index in [1.807, 2.05) is 0 Å². The number of urea groups is 1. The number of likely N-dealkylation sites (tertiary alicyclic amines) is 1. The van der Waals surface area contributed by atoms with Gasteiger partial charge in [-0.05, 0) is 37.1 Å². The summed E-state index contributed by atoms with van der Waals surface area (Å²) in [6.45, 7) is 2.43. The number of carbonyl (C=O) groups excluding carboxylic acids is 4. The van der Waals surface area contributed by atoms with Gasteiger partial charge in [-0.1, -0.05) is 6.92 Å². The number of carbonyl (C=O) groups is 4. The summed E-state index contributed by atoms with van der Waals surface area (Å²) in [4.78, 5) is 48.7. The molecule has 0 radical (unpaired) electrons. The number of ketones is 1. The highest BCUT2D eigenvalue weighted by molar-refractivity contribution is 6.07. The molecule has 0 saturated carbocycles. The molecule has 2 N–H and O–H groups in total. The van der Waals surface area contributed by atoms with Gasteiger partial charge in [0.15, 0.2) is 12.4 Å². The molecule has 2 aliphatic rings. The molecular formula is C18H21N3O5. The van der Waals surface area contributed by atoms with Crippen molar-refractivity contribution in [1.82, 2.24) is 15.5 Å². The van der Waals surface area contributed by atoms with Gasteiger partial charge in [0.25, 0.3) is 11.8 Å². The minimum Gasteiger partial charge on any atom is -0.484 e. The summed E-state index contributed by atoms with van der Waals surface area (Å²) in [5.41, 5.74) is -0.277. The molecule has 0 bridgehead atoms. The van der Waals surface area contributed by atoms with Crippen LogP contribution in [0, 0.1) is 0 Å². The standard InChI is InChI=1S/C18H21N3O5/c1-2-14(22)12-3-5-13(6-4-12)26-11-15(23)21-9-7-18(8-10-21)16(24)19-17(25)20-18/h3-6H,2,7-11H2,1H3,(H2,19,20,24,25). The summed E-state index contributed by atoms with van der Waals surface area (Å²) in [5, 5.41) is 4.90. The predicted octanol–water partition coefficient (Wildman–Crippen LogP) is 0.859. The molecule has 26 heavy (non-hydrogen) atoms. The molecule has 2 saturated heterocycles. The SMILES string of the molecule is CCC(=O)c1ccc(OCC(=O)N2CCC3(CC2)NC(=O)NC3=O)cc1. The van der Waals surface area contributed by atoms with E-state index in [9.17, 15) is 19.2 Å².